The lowest BCUT2D eigenvalue weighted by atomic mass is 10.2. The van der Waals surface area contributed by atoms with Crippen molar-refractivity contribution in [3.05, 3.63) is 64.4 Å². The summed E-state index contributed by atoms with van der Waals surface area (Å²) in [6.45, 7) is 2.51. The summed E-state index contributed by atoms with van der Waals surface area (Å²) in [7, 11) is -3.80. The van der Waals surface area contributed by atoms with Crippen molar-refractivity contribution in [2.45, 2.75) is 11.8 Å². The number of halogens is 2. The second-order valence-corrected chi connectivity index (χ2v) is 8.46. The molecule has 1 aliphatic heterocycles. The molecule has 0 atom stereocenters. The second-order valence-electron chi connectivity index (χ2n) is 6.11. The number of amides is 1. The highest BCUT2D eigenvalue weighted by Crippen LogP contribution is 2.22. The van der Waals surface area contributed by atoms with E-state index in [4.69, 9.17) is 11.6 Å². The zero-order chi connectivity index (χ0) is 18.9. The quantitative estimate of drug-likeness (QED) is 0.801. The van der Waals surface area contributed by atoms with E-state index in [-0.39, 0.29) is 37.0 Å². The van der Waals surface area contributed by atoms with Crippen LogP contribution in [0.3, 0.4) is 0 Å². The number of aryl methyl sites for hydroxylation is 1. The molecule has 1 saturated heterocycles. The van der Waals surface area contributed by atoms with Gasteiger partial charge in [-0.2, -0.15) is 4.31 Å². The summed E-state index contributed by atoms with van der Waals surface area (Å²) >= 11 is 5.83. The molecule has 0 unspecified atom stereocenters. The van der Waals surface area contributed by atoms with Crippen molar-refractivity contribution < 1.29 is 17.6 Å². The molecule has 1 heterocycles. The van der Waals surface area contributed by atoms with Crippen LogP contribution in [-0.4, -0.2) is 49.7 Å². The van der Waals surface area contributed by atoms with Gasteiger partial charge in [0.05, 0.1) is 4.90 Å². The molecular weight excluding hydrogens is 379 g/mol. The summed E-state index contributed by atoms with van der Waals surface area (Å²) in [6, 6.07) is 10.3. The fourth-order valence-corrected chi connectivity index (χ4v) is 4.68. The van der Waals surface area contributed by atoms with Gasteiger partial charge in [-0.15, -0.1) is 0 Å². The highest BCUT2D eigenvalue weighted by atomic mass is 35.5. The predicted molar refractivity (Wildman–Crippen MR) is 97.3 cm³/mol. The molecule has 0 saturated carbocycles. The summed E-state index contributed by atoms with van der Waals surface area (Å²) in [5.41, 5.74) is 0.998. The zero-order valence-electron chi connectivity index (χ0n) is 14.2. The van der Waals surface area contributed by atoms with Gasteiger partial charge in [0.15, 0.2) is 0 Å². The number of rotatable bonds is 3. The molecule has 1 fully saturated rings. The predicted octanol–water partition coefficient (Wildman–Crippen LogP) is 2.93. The molecule has 5 nitrogen and oxygen atoms in total. The van der Waals surface area contributed by atoms with Gasteiger partial charge in [-0.25, -0.2) is 12.8 Å². The van der Waals surface area contributed by atoms with E-state index in [9.17, 15) is 17.6 Å². The lowest BCUT2D eigenvalue weighted by Gasteiger charge is -2.34. The molecule has 0 N–H and O–H groups in total. The maximum absolute atomic E-state index is 13.5. The van der Waals surface area contributed by atoms with Crippen molar-refractivity contribution in [3.8, 4) is 0 Å². The van der Waals surface area contributed by atoms with E-state index < -0.39 is 15.8 Å². The Hall–Kier alpha value is -1.96. The van der Waals surface area contributed by atoms with Crippen LogP contribution < -0.4 is 0 Å². The number of nitrogens with zero attached hydrogens (tertiary/aromatic N) is 2. The van der Waals surface area contributed by atoms with Gasteiger partial charge in [-0.05, 0) is 48.9 Å². The average Bonchev–Trinajstić information content (AvgIpc) is 2.64. The number of sulfonamides is 1. The lowest BCUT2D eigenvalue weighted by Crippen LogP contribution is -2.50. The summed E-state index contributed by atoms with van der Waals surface area (Å²) in [6.07, 6.45) is 0. The highest BCUT2D eigenvalue weighted by Gasteiger charge is 2.31. The second kappa shape index (κ2) is 7.34. The van der Waals surface area contributed by atoms with E-state index in [0.29, 0.717) is 16.1 Å². The van der Waals surface area contributed by atoms with Crippen molar-refractivity contribution in [2.24, 2.45) is 0 Å². The summed E-state index contributed by atoms with van der Waals surface area (Å²) < 4.78 is 40.3. The Labute approximate surface area is 157 Å². The van der Waals surface area contributed by atoms with E-state index in [2.05, 4.69) is 0 Å². The Morgan fingerprint density at radius 3 is 2.27 bits per heavy atom. The molecule has 2 aromatic carbocycles. The van der Waals surface area contributed by atoms with E-state index in [1.54, 1.807) is 36.1 Å². The van der Waals surface area contributed by atoms with Crippen molar-refractivity contribution in [2.75, 3.05) is 26.2 Å². The van der Waals surface area contributed by atoms with Gasteiger partial charge in [-0.1, -0.05) is 17.7 Å². The van der Waals surface area contributed by atoms with Gasteiger partial charge in [-0.3, -0.25) is 4.79 Å². The van der Waals surface area contributed by atoms with Crippen LogP contribution in [-0.2, 0) is 10.0 Å². The Morgan fingerprint density at radius 1 is 1.04 bits per heavy atom. The van der Waals surface area contributed by atoms with Crippen LogP contribution in [0.2, 0.25) is 5.02 Å². The highest BCUT2D eigenvalue weighted by molar-refractivity contribution is 7.89. The molecule has 0 spiro atoms. The van der Waals surface area contributed by atoms with Crippen LogP contribution in [0.4, 0.5) is 4.39 Å². The number of carbonyl (C=O) groups excluding carboxylic acids is 1. The maximum atomic E-state index is 13.5. The Morgan fingerprint density at radius 2 is 1.65 bits per heavy atom. The number of hydrogen-bond donors (Lipinski definition) is 0. The topological polar surface area (TPSA) is 57.7 Å². The molecule has 26 heavy (non-hydrogen) atoms. The minimum Gasteiger partial charge on any atom is -0.336 e. The third kappa shape index (κ3) is 3.75. The van der Waals surface area contributed by atoms with Gasteiger partial charge < -0.3 is 4.90 Å². The summed E-state index contributed by atoms with van der Waals surface area (Å²) in [5, 5.41) is 0.544. The largest absolute Gasteiger partial charge is 0.336 e. The molecule has 1 aliphatic rings. The van der Waals surface area contributed by atoms with Gasteiger partial charge in [0, 0.05) is 36.8 Å². The third-order valence-electron chi connectivity index (χ3n) is 4.39. The molecule has 2 aromatic rings. The van der Waals surface area contributed by atoms with Crippen LogP contribution in [0.15, 0.2) is 47.4 Å². The molecule has 0 aromatic heterocycles. The van der Waals surface area contributed by atoms with Crippen LogP contribution in [0, 0.1) is 12.7 Å². The normalized spacial score (nSPS) is 15.9. The van der Waals surface area contributed by atoms with Gasteiger partial charge >= 0.3 is 0 Å². The van der Waals surface area contributed by atoms with Crippen LogP contribution in [0.5, 0.6) is 0 Å². The average molecular weight is 397 g/mol. The fraction of sp³-hybridized carbons (Fsp3) is 0.278. The van der Waals surface area contributed by atoms with Crippen LogP contribution in [0.1, 0.15) is 15.9 Å². The molecule has 1 amide bonds. The third-order valence-corrected chi connectivity index (χ3v) is 6.68. The lowest BCUT2D eigenvalue weighted by molar-refractivity contribution is 0.0698. The monoisotopic (exact) mass is 396 g/mol. The molecule has 3 rings (SSSR count). The summed E-state index contributed by atoms with van der Waals surface area (Å²) in [5.74, 6) is -0.758. The molecule has 0 bridgehead atoms. The Balaban J connectivity index is 1.72. The maximum Gasteiger partial charge on any atom is 0.253 e. The minimum absolute atomic E-state index is 0.0324. The van der Waals surface area contributed by atoms with E-state index in [0.717, 1.165) is 6.07 Å². The van der Waals surface area contributed by atoms with Crippen LogP contribution in [0.25, 0.3) is 0 Å². The van der Waals surface area contributed by atoms with Crippen molar-refractivity contribution in [1.82, 2.24) is 9.21 Å². The van der Waals surface area contributed by atoms with Crippen molar-refractivity contribution in [1.29, 1.82) is 0 Å². The first-order valence-corrected chi connectivity index (χ1v) is 9.92. The summed E-state index contributed by atoms with van der Waals surface area (Å²) in [4.78, 5) is 14.1. The first-order chi connectivity index (χ1) is 12.3. The SMILES string of the molecule is Cc1ccc(F)cc1S(=O)(=O)N1CCN(C(=O)c2ccc(Cl)cc2)CC1. The molecule has 8 heteroatoms. The number of benzene rings is 2. The Kier molecular flexibility index (Phi) is 5.32. The van der Waals surface area contributed by atoms with Crippen molar-refractivity contribution >= 4 is 27.5 Å². The number of hydrogen-bond acceptors (Lipinski definition) is 3. The van der Waals surface area contributed by atoms with Crippen LogP contribution >= 0.6 is 11.6 Å². The van der Waals surface area contributed by atoms with E-state index >= 15 is 0 Å². The standard InChI is InChI=1S/C18H18ClFN2O3S/c1-13-2-7-16(20)12-17(13)26(24,25)22-10-8-21(9-11-22)18(23)14-3-5-15(19)6-4-14/h2-7,12H,8-11H2,1H3. The number of piperazine rings is 1. The molecule has 0 radical (unpaired) electrons. The molecule has 138 valence electrons. The van der Waals surface area contributed by atoms with Gasteiger partial charge in [0.1, 0.15) is 5.82 Å². The van der Waals surface area contributed by atoms with Gasteiger partial charge in [0.25, 0.3) is 5.91 Å². The fourth-order valence-electron chi connectivity index (χ4n) is 2.90. The van der Waals surface area contributed by atoms with Crippen molar-refractivity contribution in [3.63, 3.8) is 0 Å². The number of carbonyl (C=O) groups is 1. The molecular formula is C18H18ClFN2O3S. The van der Waals surface area contributed by atoms with E-state index in [1.807, 2.05) is 0 Å². The first kappa shape index (κ1) is 18.8. The van der Waals surface area contributed by atoms with E-state index in [1.165, 1.54) is 16.4 Å². The smallest absolute Gasteiger partial charge is 0.253 e. The zero-order valence-corrected chi connectivity index (χ0v) is 15.7. The van der Waals surface area contributed by atoms with Gasteiger partial charge in [0.2, 0.25) is 10.0 Å². The Bertz CT molecular complexity index is 924. The first-order valence-electron chi connectivity index (χ1n) is 8.10. The minimum atomic E-state index is -3.80. The molecule has 0 aliphatic carbocycles.